The first-order valence-corrected chi connectivity index (χ1v) is 11.4. The maximum atomic E-state index is 14.9. The number of anilines is 2. The van der Waals surface area contributed by atoms with Gasteiger partial charge in [0.1, 0.15) is 11.9 Å². The summed E-state index contributed by atoms with van der Waals surface area (Å²) in [6, 6.07) is 4.73. The van der Waals surface area contributed by atoms with E-state index in [1.165, 1.54) is 11.1 Å². The second kappa shape index (κ2) is 15.0. The Morgan fingerprint density at radius 1 is 1.26 bits per heavy atom. The third kappa shape index (κ3) is 9.10. The summed E-state index contributed by atoms with van der Waals surface area (Å²) in [6.45, 7) is 4.29. The lowest BCUT2D eigenvalue weighted by atomic mass is 10.2. The number of hydrogen-bond acceptors (Lipinski definition) is 8. The van der Waals surface area contributed by atoms with Crippen molar-refractivity contribution in [3.05, 3.63) is 24.0 Å². The minimum absolute atomic E-state index is 0.110. The van der Waals surface area contributed by atoms with E-state index in [1.807, 2.05) is 4.90 Å². The number of hydrazine groups is 1. The van der Waals surface area contributed by atoms with E-state index in [0.717, 1.165) is 0 Å². The lowest BCUT2D eigenvalue weighted by Crippen LogP contribution is -2.47. The largest absolute Gasteiger partial charge is 0.461 e. The predicted octanol–water partition coefficient (Wildman–Crippen LogP) is 0.408. The van der Waals surface area contributed by atoms with Crippen LogP contribution in [0.4, 0.5) is 20.2 Å². The quantitative estimate of drug-likeness (QED) is 0.222. The number of amides is 2. The van der Waals surface area contributed by atoms with E-state index in [1.54, 1.807) is 19.1 Å². The number of carbonyl (C=O) groups is 3. The summed E-state index contributed by atoms with van der Waals surface area (Å²) in [6.07, 6.45) is 0.0875. The van der Waals surface area contributed by atoms with Crippen LogP contribution < -0.4 is 26.3 Å². The monoisotopic (exact) mass is 484 g/mol. The number of rotatable bonds is 14. The summed E-state index contributed by atoms with van der Waals surface area (Å²) in [5.41, 5.74) is 3.96. The van der Waals surface area contributed by atoms with E-state index in [-0.39, 0.29) is 31.4 Å². The van der Waals surface area contributed by atoms with Crippen molar-refractivity contribution in [1.82, 2.24) is 21.1 Å². The van der Waals surface area contributed by atoms with Crippen LogP contribution in [0, 0.1) is 5.82 Å². The molecule has 34 heavy (non-hydrogen) atoms. The van der Waals surface area contributed by atoms with Crippen LogP contribution in [0.5, 0.6) is 0 Å². The molecule has 0 radical (unpaired) electrons. The van der Waals surface area contributed by atoms with Gasteiger partial charge in [0.2, 0.25) is 5.91 Å². The van der Waals surface area contributed by atoms with Crippen molar-refractivity contribution in [3.8, 4) is 0 Å². The summed E-state index contributed by atoms with van der Waals surface area (Å²) in [5.74, 6) is -0.733. The molecule has 10 nitrogen and oxygen atoms in total. The molecule has 1 saturated heterocycles. The highest BCUT2D eigenvalue weighted by atomic mass is 19.1. The summed E-state index contributed by atoms with van der Waals surface area (Å²) in [7, 11) is 0. The standard InChI is InChI=1S/C22H34F2N6O4/c1-2-21(32)27-14-18(34-16-31)13-26-17-4-5-20(19(24)12-17)29-9-8-28-30(11-10-29)22(33)15-25-7-3-6-23/h4-5,12,16,18,25-26,28H,2-3,6-11,13-15H2,1H3,(H,27,32)/t18-/m1/s1. The molecule has 2 rings (SSSR count). The Kier molecular flexibility index (Phi) is 12.0. The molecule has 1 aromatic carbocycles. The fraction of sp³-hybridized carbons (Fsp3) is 0.591. The summed E-state index contributed by atoms with van der Waals surface area (Å²) in [4.78, 5) is 36.3. The molecular formula is C22H34F2N6O4. The Hall–Kier alpha value is -2.99. The molecule has 0 bridgehead atoms. The molecule has 1 heterocycles. The minimum atomic E-state index is -0.595. The Morgan fingerprint density at radius 2 is 2.09 bits per heavy atom. The Morgan fingerprint density at radius 3 is 2.79 bits per heavy atom. The van der Waals surface area contributed by atoms with Crippen molar-refractivity contribution < 1.29 is 27.9 Å². The van der Waals surface area contributed by atoms with Crippen LogP contribution in [0.15, 0.2) is 18.2 Å². The smallest absolute Gasteiger partial charge is 0.293 e. The first kappa shape index (κ1) is 27.3. The Labute approximate surface area is 198 Å². The van der Waals surface area contributed by atoms with Gasteiger partial charge in [0.05, 0.1) is 38.5 Å². The molecule has 1 aliphatic heterocycles. The van der Waals surface area contributed by atoms with Gasteiger partial charge >= 0.3 is 0 Å². The number of hydrogen-bond donors (Lipinski definition) is 4. The number of ether oxygens (including phenoxy) is 1. The van der Waals surface area contributed by atoms with Gasteiger partial charge in [-0.05, 0) is 31.2 Å². The van der Waals surface area contributed by atoms with E-state index >= 15 is 0 Å². The molecule has 1 aliphatic rings. The predicted molar refractivity (Wildman–Crippen MR) is 125 cm³/mol. The minimum Gasteiger partial charge on any atom is -0.461 e. The van der Waals surface area contributed by atoms with Crippen LogP contribution >= 0.6 is 0 Å². The molecule has 12 heteroatoms. The summed E-state index contributed by atoms with van der Waals surface area (Å²) in [5, 5.41) is 10.1. The molecule has 4 N–H and O–H groups in total. The second-order valence-corrected chi connectivity index (χ2v) is 7.72. The number of nitrogens with zero attached hydrogens (tertiary/aromatic N) is 2. The average Bonchev–Trinajstić information content (AvgIpc) is 3.09. The molecule has 2 amide bonds. The van der Waals surface area contributed by atoms with Crippen LogP contribution in [-0.2, 0) is 19.1 Å². The normalized spacial score (nSPS) is 14.8. The highest BCUT2D eigenvalue weighted by molar-refractivity contribution is 5.78. The number of carbonyl (C=O) groups excluding carboxylic acids is 3. The zero-order valence-corrected chi connectivity index (χ0v) is 19.4. The molecule has 0 aliphatic carbocycles. The molecule has 1 fully saturated rings. The van der Waals surface area contributed by atoms with Crippen LogP contribution in [0.1, 0.15) is 19.8 Å². The number of benzene rings is 1. The van der Waals surface area contributed by atoms with E-state index in [4.69, 9.17) is 4.74 Å². The van der Waals surface area contributed by atoms with E-state index in [2.05, 4.69) is 21.4 Å². The first-order chi connectivity index (χ1) is 16.5. The van der Waals surface area contributed by atoms with Gasteiger partial charge < -0.3 is 25.6 Å². The SMILES string of the molecule is CCC(=O)NC[C@@H](CNc1ccc(N2CCNN(C(=O)CNCCCF)CC2)c(F)c1)OC=O. The summed E-state index contributed by atoms with van der Waals surface area (Å²) < 4.78 is 32.0. The topological polar surface area (TPSA) is 115 Å². The Balaban J connectivity index is 1.88. The van der Waals surface area contributed by atoms with Crippen molar-refractivity contribution in [2.24, 2.45) is 0 Å². The highest BCUT2D eigenvalue weighted by Crippen LogP contribution is 2.23. The Bertz CT molecular complexity index is 801. The molecule has 0 aromatic heterocycles. The van der Waals surface area contributed by atoms with E-state index < -0.39 is 18.6 Å². The van der Waals surface area contributed by atoms with Crippen LogP contribution in [0.2, 0.25) is 0 Å². The maximum Gasteiger partial charge on any atom is 0.293 e. The first-order valence-electron chi connectivity index (χ1n) is 11.4. The van der Waals surface area contributed by atoms with Gasteiger partial charge in [-0.25, -0.2) is 9.82 Å². The van der Waals surface area contributed by atoms with Crippen LogP contribution in [0.25, 0.3) is 0 Å². The molecule has 1 aromatic rings. The number of halogens is 2. The van der Waals surface area contributed by atoms with Crippen molar-refractivity contribution in [3.63, 3.8) is 0 Å². The van der Waals surface area contributed by atoms with Crippen LogP contribution in [0.3, 0.4) is 0 Å². The van der Waals surface area contributed by atoms with Gasteiger partial charge in [0.15, 0.2) is 0 Å². The maximum absolute atomic E-state index is 14.9. The van der Waals surface area contributed by atoms with Crippen molar-refractivity contribution >= 4 is 29.7 Å². The molecule has 190 valence electrons. The zero-order chi connectivity index (χ0) is 24.8. The highest BCUT2D eigenvalue weighted by Gasteiger charge is 2.21. The lowest BCUT2D eigenvalue weighted by Gasteiger charge is -2.24. The average molecular weight is 485 g/mol. The van der Waals surface area contributed by atoms with Gasteiger partial charge in [-0.15, -0.1) is 0 Å². The molecule has 1 atom stereocenters. The van der Waals surface area contributed by atoms with Crippen molar-refractivity contribution in [2.75, 3.05) is 69.2 Å². The van der Waals surface area contributed by atoms with Crippen molar-refractivity contribution in [2.45, 2.75) is 25.9 Å². The molecular weight excluding hydrogens is 450 g/mol. The fourth-order valence-corrected chi connectivity index (χ4v) is 3.37. The second-order valence-electron chi connectivity index (χ2n) is 7.72. The molecule has 0 saturated carbocycles. The number of nitrogens with one attached hydrogen (secondary N) is 4. The lowest BCUT2D eigenvalue weighted by molar-refractivity contribution is -0.134. The zero-order valence-electron chi connectivity index (χ0n) is 19.4. The van der Waals surface area contributed by atoms with Gasteiger partial charge in [0, 0.05) is 31.7 Å². The van der Waals surface area contributed by atoms with Crippen LogP contribution in [-0.4, -0.2) is 88.4 Å². The fourth-order valence-electron chi connectivity index (χ4n) is 3.37. The van der Waals surface area contributed by atoms with Gasteiger partial charge in [-0.3, -0.25) is 23.8 Å². The third-order valence-electron chi connectivity index (χ3n) is 5.26. The molecule has 0 unspecified atom stereocenters. The molecule has 0 spiro atoms. The van der Waals surface area contributed by atoms with Gasteiger partial charge in [0.25, 0.3) is 12.4 Å². The van der Waals surface area contributed by atoms with Crippen molar-refractivity contribution in [1.29, 1.82) is 0 Å². The number of alkyl halides is 1. The summed E-state index contributed by atoms with van der Waals surface area (Å²) >= 11 is 0. The van der Waals surface area contributed by atoms with E-state index in [9.17, 15) is 23.2 Å². The van der Waals surface area contributed by atoms with E-state index in [0.29, 0.717) is 63.4 Å². The van der Waals surface area contributed by atoms with Gasteiger partial charge in [-0.2, -0.15) is 0 Å². The van der Waals surface area contributed by atoms with Gasteiger partial charge in [-0.1, -0.05) is 6.92 Å². The third-order valence-corrected chi connectivity index (χ3v) is 5.26.